The van der Waals surface area contributed by atoms with E-state index in [2.05, 4.69) is 13.8 Å². The van der Waals surface area contributed by atoms with Gasteiger partial charge in [0.15, 0.2) is 5.78 Å². The van der Waals surface area contributed by atoms with Gasteiger partial charge < -0.3 is 14.9 Å². The van der Waals surface area contributed by atoms with Crippen LogP contribution in [0.1, 0.15) is 32.3 Å². The van der Waals surface area contributed by atoms with E-state index in [0.29, 0.717) is 11.7 Å². The molecule has 2 unspecified atom stereocenters. The Morgan fingerprint density at radius 2 is 1.85 bits per heavy atom. The number of aliphatic hydroxyl groups is 2. The molecule has 0 saturated carbocycles. The molecule has 0 aliphatic rings. The Kier molecular flexibility index (Phi) is 6.42. The van der Waals surface area contributed by atoms with E-state index in [1.807, 2.05) is 24.3 Å². The van der Waals surface area contributed by atoms with Crippen LogP contribution in [0.25, 0.3) is 0 Å². The Labute approximate surface area is 119 Å². The molecule has 0 radical (unpaired) electrons. The highest BCUT2D eigenvalue weighted by atomic mass is 16.5. The summed E-state index contributed by atoms with van der Waals surface area (Å²) in [4.78, 5) is 11.4. The van der Waals surface area contributed by atoms with Crippen molar-refractivity contribution in [3.8, 4) is 5.75 Å². The van der Waals surface area contributed by atoms with Gasteiger partial charge in [-0.15, -0.1) is 0 Å². The smallest absolute Gasteiger partial charge is 0.186 e. The van der Waals surface area contributed by atoms with Crippen molar-refractivity contribution >= 4 is 5.78 Å². The number of ether oxygens (including phenoxy) is 1. The first-order valence-corrected chi connectivity index (χ1v) is 6.71. The monoisotopic (exact) mass is 278 g/mol. The van der Waals surface area contributed by atoms with Crippen molar-refractivity contribution in [1.82, 2.24) is 0 Å². The lowest BCUT2D eigenvalue weighted by atomic mass is 10.0. The Balaban J connectivity index is 2.52. The van der Waals surface area contributed by atoms with Crippen LogP contribution in [0, 0.1) is 0 Å². The lowest BCUT2D eigenvalue weighted by Crippen LogP contribution is -2.37. The summed E-state index contributed by atoms with van der Waals surface area (Å²) >= 11 is 0. The predicted octanol–water partition coefficient (Wildman–Crippen LogP) is 2.06. The van der Waals surface area contributed by atoms with Crippen LogP contribution in [-0.4, -0.2) is 34.8 Å². The van der Waals surface area contributed by atoms with E-state index in [1.165, 1.54) is 17.7 Å². The number of hydrogen-bond donors (Lipinski definition) is 2. The number of ketones is 1. The molecule has 0 saturated heterocycles. The second-order valence-corrected chi connectivity index (χ2v) is 4.95. The molecule has 0 aromatic heterocycles. The summed E-state index contributed by atoms with van der Waals surface area (Å²) in [5, 5.41) is 19.3. The van der Waals surface area contributed by atoms with Crippen molar-refractivity contribution in [3.05, 3.63) is 42.0 Å². The van der Waals surface area contributed by atoms with Gasteiger partial charge in [0.25, 0.3) is 0 Å². The molecule has 0 fully saturated rings. The molecular weight excluding hydrogens is 256 g/mol. The maximum atomic E-state index is 11.4. The van der Waals surface area contributed by atoms with E-state index < -0.39 is 18.0 Å². The van der Waals surface area contributed by atoms with Crippen LogP contribution in [0.3, 0.4) is 0 Å². The van der Waals surface area contributed by atoms with E-state index in [4.69, 9.17) is 4.74 Å². The van der Waals surface area contributed by atoms with E-state index in [-0.39, 0.29) is 6.61 Å². The molecule has 2 atom stereocenters. The highest BCUT2D eigenvalue weighted by Crippen LogP contribution is 2.18. The molecule has 1 aromatic carbocycles. The first kappa shape index (κ1) is 16.4. The zero-order valence-electron chi connectivity index (χ0n) is 12.1. The lowest BCUT2D eigenvalue weighted by molar-refractivity contribution is -0.129. The van der Waals surface area contributed by atoms with Gasteiger partial charge in [0.05, 0.1) is 0 Å². The SMILES string of the molecule is CC=CC(=O)C(O)C(O)COc1ccc(C(C)C)cc1. The summed E-state index contributed by atoms with van der Waals surface area (Å²) in [6.45, 7) is 5.74. The standard InChI is InChI=1S/C16H22O4/c1-4-5-14(17)16(19)15(18)10-20-13-8-6-12(7-9-13)11(2)3/h4-9,11,15-16,18-19H,10H2,1-3H3. The third kappa shape index (κ3) is 4.79. The van der Waals surface area contributed by atoms with Crippen molar-refractivity contribution in [2.45, 2.75) is 38.9 Å². The highest BCUT2D eigenvalue weighted by molar-refractivity contribution is 5.93. The minimum absolute atomic E-state index is 0.133. The van der Waals surface area contributed by atoms with Crippen LogP contribution in [0.4, 0.5) is 0 Å². The maximum Gasteiger partial charge on any atom is 0.186 e. The fourth-order valence-electron chi connectivity index (χ4n) is 1.67. The third-order valence-corrected chi connectivity index (χ3v) is 2.95. The molecule has 4 nitrogen and oxygen atoms in total. The van der Waals surface area contributed by atoms with Crippen LogP contribution in [0.15, 0.2) is 36.4 Å². The number of rotatable bonds is 7. The first-order valence-electron chi connectivity index (χ1n) is 6.71. The number of allylic oxidation sites excluding steroid dienone is 1. The number of aliphatic hydroxyl groups excluding tert-OH is 2. The molecule has 110 valence electrons. The fraction of sp³-hybridized carbons (Fsp3) is 0.438. The topological polar surface area (TPSA) is 66.8 Å². The zero-order chi connectivity index (χ0) is 15.1. The molecule has 2 N–H and O–H groups in total. The van der Waals surface area contributed by atoms with E-state index >= 15 is 0 Å². The van der Waals surface area contributed by atoms with Gasteiger partial charge in [0.2, 0.25) is 0 Å². The van der Waals surface area contributed by atoms with Gasteiger partial charge in [-0.2, -0.15) is 0 Å². The highest BCUT2D eigenvalue weighted by Gasteiger charge is 2.22. The Bertz CT molecular complexity index is 448. The summed E-state index contributed by atoms with van der Waals surface area (Å²) in [6.07, 6.45) is 0.0411. The van der Waals surface area contributed by atoms with Crippen molar-refractivity contribution in [3.63, 3.8) is 0 Å². The number of benzene rings is 1. The number of carbonyl (C=O) groups excluding carboxylic acids is 1. The largest absolute Gasteiger partial charge is 0.491 e. The van der Waals surface area contributed by atoms with E-state index in [0.717, 1.165) is 0 Å². The van der Waals surface area contributed by atoms with Crippen molar-refractivity contribution in [2.75, 3.05) is 6.61 Å². The fourth-order valence-corrected chi connectivity index (χ4v) is 1.67. The van der Waals surface area contributed by atoms with Gasteiger partial charge in [-0.1, -0.05) is 32.1 Å². The lowest BCUT2D eigenvalue weighted by Gasteiger charge is -2.16. The van der Waals surface area contributed by atoms with Crippen LogP contribution < -0.4 is 4.74 Å². The second-order valence-electron chi connectivity index (χ2n) is 4.95. The van der Waals surface area contributed by atoms with Crippen molar-refractivity contribution in [2.24, 2.45) is 0 Å². The van der Waals surface area contributed by atoms with Gasteiger partial charge in [-0.05, 0) is 36.6 Å². The quantitative estimate of drug-likeness (QED) is 0.749. The Morgan fingerprint density at radius 1 is 1.25 bits per heavy atom. The molecule has 4 heteroatoms. The molecule has 0 bridgehead atoms. The van der Waals surface area contributed by atoms with Gasteiger partial charge in [-0.25, -0.2) is 0 Å². The van der Waals surface area contributed by atoms with Crippen LogP contribution in [0.2, 0.25) is 0 Å². The average molecular weight is 278 g/mol. The summed E-state index contributed by atoms with van der Waals surface area (Å²) < 4.78 is 5.37. The summed E-state index contributed by atoms with van der Waals surface area (Å²) in [7, 11) is 0. The first-order chi connectivity index (χ1) is 9.45. The van der Waals surface area contributed by atoms with E-state index in [1.54, 1.807) is 6.92 Å². The molecule has 1 rings (SSSR count). The van der Waals surface area contributed by atoms with Crippen molar-refractivity contribution < 1.29 is 19.7 Å². The molecule has 0 amide bonds. The maximum absolute atomic E-state index is 11.4. The molecule has 0 aliphatic heterocycles. The molecule has 0 spiro atoms. The third-order valence-electron chi connectivity index (χ3n) is 2.95. The summed E-state index contributed by atoms with van der Waals surface area (Å²) in [5.74, 6) is 0.507. The van der Waals surface area contributed by atoms with Gasteiger partial charge >= 0.3 is 0 Å². The van der Waals surface area contributed by atoms with E-state index in [9.17, 15) is 15.0 Å². The molecule has 0 heterocycles. The minimum atomic E-state index is -1.46. The minimum Gasteiger partial charge on any atom is -0.491 e. The van der Waals surface area contributed by atoms with Gasteiger partial charge in [-0.3, -0.25) is 4.79 Å². The van der Waals surface area contributed by atoms with Crippen LogP contribution in [-0.2, 0) is 4.79 Å². The van der Waals surface area contributed by atoms with Gasteiger partial charge in [0, 0.05) is 0 Å². The number of hydrogen-bond acceptors (Lipinski definition) is 4. The Morgan fingerprint density at radius 3 is 2.35 bits per heavy atom. The average Bonchev–Trinajstić information content (AvgIpc) is 2.44. The number of carbonyl (C=O) groups is 1. The summed E-state index contributed by atoms with van der Waals surface area (Å²) in [5.41, 5.74) is 1.20. The van der Waals surface area contributed by atoms with Gasteiger partial charge in [0.1, 0.15) is 24.6 Å². The van der Waals surface area contributed by atoms with Crippen LogP contribution >= 0.6 is 0 Å². The molecular formula is C16H22O4. The molecule has 20 heavy (non-hydrogen) atoms. The molecule has 0 aliphatic carbocycles. The molecule has 1 aromatic rings. The Hall–Kier alpha value is -1.65. The second kappa shape index (κ2) is 7.82. The normalized spacial score (nSPS) is 14.5. The predicted molar refractivity (Wildman–Crippen MR) is 77.9 cm³/mol. The zero-order valence-corrected chi connectivity index (χ0v) is 12.1. The summed E-state index contributed by atoms with van der Waals surface area (Å²) in [6, 6.07) is 7.52. The van der Waals surface area contributed by atoms with Crippen molar-refractivity contribution in [1.29, 1.82) is 0 Å². The van der Waals surface area contributed by atoms with Crippen LogP contribution in [0.5, 0.6) is 5.75 Å².